The van der Waals surface area contributed by atoms with Gasteiger partial charge in [0, 0.05) is 6.54 Å². The molecule has 3 heteroatoms. The molecule has 0 heterocycles. The fraction of sp³-hybridized carbons (Fsp3) is 0.357. The SMILES string of the molecule is C=CC(=O)NCc1ccc(OC(C)(C)C)cc1. The smallest absolute Gasteiger partial charge is 0.243 e. The topological polar surface area (TPSA) is 38.3 Å². The first-order valence-electron chi connectivity index (χ1n) is 5.59. The van der Waals surface area contributed by atoms with E-state index >= 15 is 0 Å². The predicted molar refractivity (Wildman–Crippen MR) is 68.9 cm³/mol. The maximum atomic E-state index is 11.0. The Morgan fingerprint density at radius 1 is 1.35 bits per heavy atom. The maximum Gasteiger partial charge on any atom is 0.243 e. The van der Waals surface area contributed by atoms with Gasteiger partial charge in [0.05, 0.1) is 0 Å². The van der Waals surface area contributed by atoms with Gasteiger partial charge in [0.1, 0.15) is 11.4 Å². The molecule has 17 heavy (non-hydrogen) atoms. The third-order valence-corrected chi connectivity index (χ3v) is 2.00. The number of nitrogens with one attached hydrogen (secondary N) is 1. The predicted octanol–water partition coefficient (Wildman–Crippen LogP) is 2.67. The van der Waals surface area contributed by atoms with E-state index in [9.17, 15) is 4.79 Å². The van der Waals surface area contributed by atoms with Crippen LogP contribution in [0.1, 0.15) is 26.3 Å². The molecule has 0 atom stereocenters. The summed E-state index contributed by atoms with van der Waals surface area (Å²) in [5.74, 6) is 0.663. The molecule has 1 aromatic carbocycles. The van der Waals surface area contributed by atoms with Gasteiger partial charge in [0.15, 0.2) is 0 Å². The third-order valence-electron chi connectivity index (χ3n) is 2.00. The maximum absolute atomic E-state index is 11.0. The Morgan fingerprint density at radius 3 is 2.41 bits per heavy atom. The lowest BCUT2D eigenvalue weighted by Gasteiger charge is -2.21. The Labute approximate surface area is 102 Å². The highest BCUT2D eigenvalue weighted by atomic mass is 16.5. The summed E-state index contributed by atoms with van der Waals surface area (Å²) in [6.45, 7) is 9.91. The molecule has 0 radical (unpaired) electrons. The van der Waals surface area contributed by atoms with Gasteiger partial charge in [-0.1, -0.05) is 18.7 Å². The highest BCUT2D eigenvalue weighted by Gasteiger charge is 2.11. The summed E-state index contributed by atoms with van der Waals surface area (Å²) < 4.78 is 5.70. The van der Waals surface area contributed by atoms with E-state index in [0.29, 0.717) is 6.54 Å². The van der Waals surface area contributed by atoms with Gasteiger partial charge in [-0.25, -0.2) is 0 Å². The second kappa shape index (κ2) is 5.53. The number of amides is 1. The van der Waals surface area contributed by atoms with E-state index in [-0.39, 0.29) is 11.5 Å². The van der Waals surface area contributed by atoms with E-state index in [1.165, 1.54) is 6.08 Å². The van der Waals surface area contributed by atoms with Crippen molar-refractivity contribution in [3.8, 4) is 5.75 Å². The molecular formula is C14H19NO2. The van der Waals surface area contributed by atoms with E-state index in [0.717, 1.165) is 11.3 Å². The summed E-state index contributed by atoms with van der Waals surface area (Å²) in [4.78, 5) is 11.0. The average molecular weight is 233 g/mol. The number of carbonyl (C=O) groups is 1. The lowest BCUT2D eigenvalue weighted by Crippen LogP contribution is -2.23. The minimum absolute atomic E-state index is 0.167. The van der Waals surface area contributed by atoms with Gasteiger partial charge in [-0.05, 0) is 44.5 Å². The lowest BCUT2D eigenvalue weighted by atomic mass is 10.1. The molecule has 0 saturated heterocycles. The van der Waals surface area contributed by atoms with Crippen molar-refractivity contribution >= 4 is 5.91 Å². The monoisotopic (exact) mass is 233 g/mol. The molecule has 0 unspecified atom stereocenters. The zero-order valence-corrected chi connectivity index (χ0v) is 10.6. The summed E-state index contributed by atoms with van der Waals surface area (Å²) in [5.41, 5.74) is 0.833. The van der Waals surface area contributed by atoms with Crippen LogP contribution in [0.2, 0.25) is 0 Å². The van der Waals surface area contributed by atoms with Crippen LogP contribution in [0.4, 0.5) is 0 Å². The Kier molecular flexibility index (Phi) is 4.32. The highest BCUT2D eigenvalue weighted by molar-refractivity contribution is 5.86. The molecule has 1 amide bonds. The van der Waals surface area contributed by atoms with E-state index in [4.69, 9.17) is 4.74 Å². The molecule has 0 aliphatic rings. The lowest BCUT2D eigenvalue weighted by molar-refractivity contribution is -0.116. The normalized spacial score (nSPS) is 10.8. The van der Waals surface area contributed by atoms with Crippen molar-refractivity contribution < 1.29 is 9.53 Å². The molecule has 0 bridgehead atoms. The van der Waals surface area contributed by atoms with Crippen molar-refractivity contribution in [2.24, 2.45) is 0 Å². The van der Waals surface area contributed by atoms with Crippen LogP contribution in [0.25, 0.3) is 0 Å². The van der Waals surface area contributed by atoms with Gasteiger partial charge >= 0.3 is 0 Å². The molecule has 92 valence electrons. The van der Waals surface area contributed by atoms with Gasteiger partial charge in [-0.2, -0.15) is 0 Å². The Hall–Kier alpha value is -1.77. The fourth-order valence-corrected chi connectivity index (χ4v) is 1.29. The largest absolute Gasteiger partial charge is 0.488 e. The second-order valence-corrected chi connectivity index (χ2v) is 4.78. The molecule has 0 aliphatic carbocycles. The van der Waals surface area contributed by atoms with Gasteiger partial charge < -0.3 is 10.1 Å². The quantitative estimate of drug-likeness (QED) is 0.812. The zero-order valence-electron chi connectivity index (χ0n) is 10.6. The van der Waals surface area contributed by atoms with Gasteiger partial charge in [-0.3, -0.25) is 4.79 Å². The van der Waals surface area contributed by atoms with Gasteiger partial charge in [-0.15, -0.1) is 0 Å². The van der Waals surface area contributed by atoms with Gasteiger partial charge in [0.2, 0.25) is 5.91 Å². The first kappa shape index (κ1) is 13.3. The number of benzene rings is 1. The second-order valence-electron chi connectivity index (χ2n) is 4.78. The summed E-state index contributed by atoms with van der Waals surface area (Å²) >= 11 is 0. The van der Waals surface area contributed by atoms with Gasteiger partial charge in [0.25, 0.3) is 0 Å². The van der Waals surface area contributed by atoms with Crippen LogP contribution in [-0.4, -0.2) is 11.5 Å². The van der Waals surface area contributed by atoms with E-state index < -0.39 is 0 Å². The minimum Gasteiger partial charge on any atom is -0.488 e. The van der Waals surface area contributed by atoms with Crippen molar-refractivity contribution in [2.45, 2.75) is 32.9 Å². The van der Waals surface area contributed by atoms with Crippen molar-refractivity contribution in [2.75, 3.05) is 0 Å². The standard InChI is InChI=1S/C14H19NO2/c1-5-13(16)15-10-11-6-8-12(9-7-11)17-14(2,3)4/h5-9H,1,10H2,2-4H3,(H,15,16). The van der Waals surface area contributed by atoms with Crippen LogP contribution in [0.5, 0.6) is 5.75 Å². The van der Waals surface area contributed by atoms with E-state index in [2.05, 4.69) is 11.9 Å². The molecule has 1 N–H and O–H groups in total. The Bertz CT molecular complexity index is 388. The molecule has 0 fully saturated rings. The van der Waals surface area contributed by atoms with Crippen molar-refractivity contribution in [3.63, 3.8) is 0 Å². The van der Waals surface area contributed by atoms with Crippen LogP contribution < -0.4 is 10.1 Å². The molecular weight excluding hydrogens is 214 g/mol. The fourth-order valence-electron chi connectivity index (χ4n) is 1.29. The van der Waals surface area contributed by atoms with Crippen LogP contribution in [0.3, 0.4) is 0 Å². The molecule has 1 rings (SSSR count). The number of hydrogen-bond donors (Lipinski definition) is 1. The molecule has 0 spiro atoms. The van der Waals surface area contributed by atoms with Crippen molar-refractivity contribution in [3.05, 3.63) is 42.5 Å². The van der Waals surface area contributed by atoms with Crippen LogP contribution in [0, 0.1) is 0 Å². The number of rotatable bonds is 4. The molecule has 0 aromatic heterocycles. The number of hydrogen-bond acceptors (Lipinski definition) is 2. The average Bonchev–Trinajstić information content (AvgIpc) is 2.25. The van der Waals surface area contributed by atoms with Crippen molar-refractivity contribution in [1.29, 1.82) is 0 Å². The highest BCUT2D eigenvalue weighted by Crippen LogP contribution is 2.18. The number of carbonyl (C=O) groups excluding carboxylic acids is 1. The third kappa shape index (κ3) is 5.20. The first-order valence-corrected chi connectivity index (χ1v) is 5.59. The first-order chi connectivity index (χ1) is 7.90. The van der Waals surface area contributed by atoms with Crippen molar-refractivity contribution in [1.82, 2.24) is 5.32 Å². The Morgan fingerprint density at radius 2 is 1.94 bits per heavy atom. The van der Waals surface area contributed by atoms with E-state index in [1.54, 1.807) is 0 Å². The molecule has 0 aliphatic heterocycles. The minimum atomic E-state index is -0.196. The zero-order chi connectivity index (χ0) is 12.9. The Balaban J connectivity index is 2.56. The molecule has 3 nitrogen and oxygen atoms in total. The summed E-state index contributed by atoms with van der Waals surface area (Å²) in [5, 5.41) is 2.72. The summed E-state index contributed by atoms with van der Waals surface area (Å²) in [6.07, 6.45) is 1.26. The van der Waals surface area contributed by atoms with Crippen LogP contribution in [0.15, 0.2) is 36.9 Å². The number of ether oxygens (including phenoxy) is 1. The summed E-state index contributed by atoms with van der Waals surface area (Å²) in [7, 11) is 0. The molecule has 0 saturated carbocycles. The van der Waals surface area contributed by atoms with Crippen LogP contribution in [-0.2, 0) is 11.3 Å². The summed E-state index contributed by atoms with van der Waals surface area (Å²) in [6, 6.07) is 7.68. The molecule has 1 aromatic rings. The van der Waals surface area contributed by atoms with Crippen LogP contribution >= 0.6 is 0 Å². The van der Waals surface area contributed by atoms with E-state index in [1.807, 2.05) is 45.0 Å².